The lowest BCUT2D eigenvalue weighted by Crippen LogP contribution is -2.49. The number of carbonyl (C=O) groups is 1. The predicted molar refractivity (Wildman–Crippen MR) is 62.6 cm³/mol. The number of aromatic nitrogens is 2. The fourth-order valence-corrected chi connectivity index (χ4v) is 1.92. The third-order valence-corrected chi connectivity index (χ3v) is 2.83. The van der Waals surface area contributed by atoms with Crippen molar-refractivity contribution in [1.82, 2.24) is 15.3 Å². The van der Waals surface area contributed by atoms with Gasteiger partial charge in [0.2, 0.25) is 5.91 Å². The predicted octanol–water partition coefficient (Wildman–Crippen LogP) is -0.184. The van der Waals surface area contributed by atoms with Gasteiger partial charge in [-0.15, -0.1) is 0 Å². The van der Waals surface area contributed by atoms with Crippen molar-refractivity contribution in [3.63, 3.8) is 0 Å². The number of hydrogen-bond acceptors (Lipinski definition) is 5. The second-order valence-corrected chi connectivity index (χ2v) is 3.90. The van der Waals surface area contributed by atoms with Gasteiger partial charge in [-0.25, -0.2) is 4.98 Å². The molecule has 2 atom stereocenters. The SMILES string of the molecule is CNC1C(=O)N(c2cnccn2)CCOC1C. The molecule has 6 heteroatoms. The van der Waals surface area contributed by atoms with Crippen LogP contribution in [-0.4, -0.2) is 48.2 Å². The summed E-state index contributed by atoms with van der Waals surface area (Å²) in [6.07, 6.45) is 4.60. The van der Waals surface area contributed by atoms with Crippen molar-refractivity contribution >= 4 is 11.7 Å². The summed E-state index contributed by atoms with van der Waals surface area (Å²) < 4.78 is 5.56. The van der Waals surface area contributed by atoms with E-state index in [-0.39, 0.29) is 18.1 Å². The van der Waals surface area contributed by atoms with Crippen LogP contribution >= 0.6 is 0 Å². The van der Waals surface area contributed by atoms with Crippen LogP contribution in [0.2, 0.25) is 0 Å². The third-order valence-electron chi connectivity index (χ3n) is 2.83. The molecule has 0 aliphatic carbocycles. The molecule has 17 heavy (non-hydrogen) atoms. The van der Waals surface area contributed by atoms with E-state index in [0.29, 0.717) is 19.0 Å². The van der Waals surface area contributed by atoms with E-state index >= 15 is 0 Å². The summed E-state index contributed by atoms with van der Waals surface area (Å²) in [4.78, 5) is 22.0. The van der Waals surface area contributed by atoms with E-state index in [1.165, 1.54) is 0 Å². The van der Waals surface area contributed by atoms with Crippen molar-refractivity contribution < 1.29 is 9.53 Å². The molecule has 2 unspecified atom stereocenters. The minimum Gasteiger partial charge on any atom is -0.374 e. The minimum atomic E-state index is -0.348. The number of anilines is 1. The van der Waals surface area contributed by atoms with Gasteiger partial charge in [0.15, 0.2) is 5.82 Å². The molecule has 1 fully saturated rings. The van der Waals surface area contributed by atoms with Crippen LogP contribution < -0.4 is 10.2 Å². The molecule has 0 aromatic carbocycles. The van der Waals surface area contributed by atoms with Gasteiger partial charge in [0.05, 0.1) is 25.5 Å². The first-order valence-corrected chi connectivity index (χ1v) is 5.60. The van der Waals surface area contributed by atoms with Crippen LogP contribution in [0.25, 0.3) is 0 Å². The van der Waals surface area contributed by atoms with Gasteiger partial charge in [-0.1, -0.05) is 0 Å². The molecule has 2 heterocycles. The zero-order chi connectivity index (χ0) is 12.3. The monoisotopic (exact) mass is 236 g/mol. The lowest BCUT2D eigenvalue weighted by Gasteiger charge is -2.23. The fraction of sp³-hybridized carbons (Fsp3) is 0.545. The van der Waals surface area contributed by atoms with Gasteiger partial charge in [-0.2, -0.15) is 0 Å². The molecule has 0 spiro atoms. The van der Waals surface area contributed by atoms with E-state index in [4.69, 9.17) is 4.74 Å². The fourth-order valence-electron chi connectivity index (χ4n) is 1.92. The van der Waals surface area contributed by atoms with Crippen molar-refractivity contribution in [2.24, 2.45) is 0 Å². The Morgan fingerprint density at radius 3 is 3.00 bits per heavy atom. The Morgan fingerprint density at radius 1 is 1.53 bits per heavy atom. The Labute approximate surface area is 100 Å². The smallest absolute Gasteiger partial charge is 0.248 e. The molecule has 1 saturated heterocycles. The Hall–Kier alpha value is -1.53. The number of ether oxygens (including phenoxy) is 1. The average molecular weight is 236 g/mol. The quantitative estimate of drug-likeness (QED) is 0.771. The highest BCUT2D eigenvalue weighted by molar-refractivity contribution is 5.96. The number of rotatable bonds is 2. The van der Waals surface area contributed by atoms with E-state index < -0.39 is 0 Å². The Morgan fingerprint density at radius 2 is 2.35 bits per heavy atom. The number of amides is 1. The Kier molecular flexibility index (Phi) is 3.65. The second-order valence-electron chi connectivity index (χ2n) is 3.90. The number of nitrogens with zero attached hydrogens (tertiary/aromatic N) is 3. The Balaban J connectivity index is 2.25. The summed E-state index contributed by atoms with van der Waals surface area (Å²) in [5.74, 6) is 0.536. The van der Waals surface area contributed by atoms with Gasteiger partial charge in [-0.05, 0) is 14.0 Å². The molecule has 92 valence electrons. The van der Waals surface area contributed by atoms with Crippen LogP contribution in [0.1, 0.15) is 6.92 Å². The summed E-state index contributed by atoms with van der Waals surface area (Å²) >= 11 is 0. The summed E-state index contributed by atoms with van der Waals surface area (Å²) in [6.45, 7) is 2.89. The molecular weight excluding hydrogens is 220 g/mol. The zero-order valence-electron chi connectivity index (χ0n) is 9.96. The Bertz CT molecular complexity index is 384. The average Bonchev–Trinajstić information content (AvgIpc) is 2.49. The maximum absolute atomic E-state index is 12.3. The second kappa shape index (κ2) is 5.20. The maximum Gasteiger partial charge on any atom is 0.248 e. The number of nitrogens with one attached hydrogen (secondary N) is 1. The number of hydrogen-bond donors (Lipinski definition) is 1. The standard InChI is InChI=1S/C11H16N4O2/c1-8-10(12-2)11(16)15(5-6-17-8)9-7-13-3-4-14-9/h3-4,7-8,10,12H,5-6H2,1-2H3. The summed E-state index contributed by atoms with van der Waals surface area (Å²) in [5, 5.41) is 2.98. The lowest BCUT2D eigenvalue weighted by molar-refractivity contribution is -0.122. The van der Waals surface area contributed by atoms with Crippen LogP contribution in [0.15, 0.2) is 18.6 Å². The molecule has 1 aromatic heterocycles. The first kappa shape index (κ1) is 11.9. The van der Waals surface area contributed by atoms with Crippen molar-refractivity contribution in [1.29, 1.82) is 0 Å². The van der Waals surface area contributed by atoms with Gasteiger partial charge in [0.25, 0.3) is 0 Å². The minimum absolute atomic E-state index is 0.0296. The van der Waals surface area contributed by atoms with E-state index in [1.807, 2.05) is 6.92 Å². The highest BCUT2D eigenvalue weighted by Gasteiger charge is 2.32. The molecule has 2 rings (SSSR count). The molecule has 0 radical (unpaired) electrons. The molecule has 0 bridgehead atoms. The molecule has 0 saturated carbocycles. The van der Waals surface area contributed by atoms with Gasteiger partial charge in [0, 0.05) is 12.4 Å². The largest absolute Gasteiger partial charge is 0.374 e. The molecule has 1 amide bonds. The van der Waals surface area contributed by atoms with Gasteiger partial charge >= 0.3 is 0 Å². The van der Waals surface area contributed by atoms with Gasteiger partial charge in [-0.3, -0.25) is 14.7 Å². The van der Waals surface area contributed by atoms with Crippen LogP contribution in [0.3, 0.4) is 0 Å². The van der Waals surface area contributed by atoms with Crippen LogP contribution in [0.5, 0.6) is 0 Å². The van der Waals surface area contributed by atoms with Crippen LogP contribution in [-0.2, 0) is 9.53 Å². The van der Waals surface area contributed by atoms with Gasteiger partial charge in [0.1, 0.15) is 6.04 Å². The zero-order valence-corrected chi connectivity index (χ0v) is 9.96. The maximum atomic E-state index is 12.3. The molecular formula is C11H16N4O2. The third kappa shape index (κ3) is 2.42. The molecule has 6 nitrogen and oxygen atoms in total. The summed E-state index contributed by atoms with van der Waals surface area (Å²) in [5.41, 5.74) is 0. The van der Waals surface area contributed by atoms with Gasteiger partial charge < -0.3 is 10.1 Å². The van der Waals surface area contributed by atoms with Crippen LogP contribution in [0, 0.1) is 0 Å². The molecule has 1 aliphatic rings. The van der Waals surface area contributed by atoms with E-state index in [1.54, 1.807) is 30.5 Å². The van der Waals surface area contributed by atoms with Crippen molar-refractivity contribution in [2.75, 3.05) is 25.1 Å². The van der Waals surface area contributed by atoms with E-state index in [2.05, 4.69) is 15.3 Å². The van der Waals surface area contributed by atoms with E-state index in [9.17, 15) is 4.79 Å². The van der Waals surface area contributed by atoms with Crippen molar-refractivity contribution in [3.05, 3.63) is 18.6 Å². The van der Waals surface area contributed by atoms with E-state index in [0.717, 1.165) is 0 Å². The van der Waals surface area contributed by atoms with Crippen molar-refractivity contribution in [2.45, 2.75) is 19.1 Å². The molecule has 1 aliphatic heterocycles. The van der Waals surface area contributed by atoms with Crippen LogP contribution in [0.4, 0.5) is 5.82 Å². The highest BCUT2D eigenvalue weighted by Crippen LogP contribution is 2.15. The molecule has 1 aromatic rings. The summed E-state index contributed by atoms with van der Waals surface area (Å²) in [6, 6.07) is -0.348. The molecule has 1 N–H and O–H groups in total. The van der Waals surface area contributed by atoms with Crippen molar-refractivity contribution in [3.8, 4) is 0 Å². The topological polar surface area (TPSA) is 67.4 Å². The summed E-state index contributed by atoms with van der Waals surface area (Å²) in [7, 11) is 1.75. The first-order valence-electron chi connectivity index (χ1n) is 5.60. The lowest BCUT2D eigenvalue weighted by atomic mass is 10.1. The first-order chi connectivity index (χ1) is 8.24. The number of carbonyl (C=O) groups excluding carboxylic acids is 1. The normalized spacial score (nSPS) is 25.8. The number of likely N-dealkylation sites (N-methyl/N-ethyl adjacent to an activating group) is 1. The highest BCUT2D eigenvalue weighted by atomic mass is 16.5.